The maximum atomic E-state index is 12.3. The Labute approximate surface area is 121 Å². The number of anilines is 1. The van der Waals surface area contributed by atoms with Gasteiger partial charge in [0.15, 0.2) is 0 Å². The molecule has 3 rings (SSSR count). The predicted molar refractivity (Wildman–Crippen MR) is 78.8 cm³/mol. The maximum Gasteiger partial charge on any atom is 0.309 e. The van der Waals surface area contributed by atoms with E-state index in [2.05, 4.69) is 10.3 Å². The Morgan fingerprint density at radius 1 is 1.05 bits per heavy atom. The molecule has 0 fully saturated rings. The van der Waals surface area contributed by atoms with Crippen LogP contribution in [0.2, 0.25) is 0 Å². The quantitative estimate of drug-likeness (QED) is 0.754. The first-order valence-corrected chi connectivity index (χ1v) is 6.42. The number of esters is 1. The number of carbonyl (C=O) groups is 2. The van der Waals surface area contributed by atoms with Gasteiger partial charge in [-0.05, 0) is 24.3 Å². The van der Waals surface area contributed by atoms with Crippen LogP contribution in [0.4, 0.5) is 11.4 Å². The van der Waals surface area contributed by atoms with E-state index in [1.807, 2.05) is 0 Å². The van der Waals surface area contributed by atoms with E-state index in [0.717, 1.165) is 0 Å². The molecule has 1 amide bonds. The van der Waals surface area contributed by atoms with Crippen LogP contribution in [0.5, 0.6) is 0 Å². The van der Waals surface area contributed by atoms with Gasteiger partial charge in [-0.2, -0.15) is 0 Å². The molecule has 2 aromatic rings. The molecule has 0 saturated carbocycles. The summed E-state index contributed by atoms with van der Waals surface area (Å²) in [6.45, 7) is 1.31. The normalized spacial score (nSPS) is 13.0. The summed E-state index contributed by atoms with van der Waals surface area (Å²) in [6, 6.07) is 14.0. The summed E-state index contributed by atoms with van der Waals surface area (Å²) in [5, 5.41) is 2.81. The zero-order valence-electron chi connectivity index (χ0n) is 11.3. The zero-order valence-corrected chi connectivity index (χ0v) is 11.3. The molecular formula is C16H12N2O3. The third kappa shape index (κ3) is 2.53. The van der Waals surface area contributed by atoms with E-state index in [1.54, 1.807) is 48.5 Å². The molecule has 1 aliphatic heterocycles. The number of fused-ring (bicyclic) bond motifs is 2. The fraction of sp³-hybridized carbons (Fsp3) is 0.0625. The number of para-hydroxylation sites is 2. The SMILES string of the molecule is CC(=O)OC1=Nc2ccccc2C(=O)Nc2ccccc21. The highest BCUT2D eigenvalue weighted by atomic mass is 16.5. The van der Waals surface area contributed by atoms with Gasteiger partial charge in [-0.3, -0.25) is 9.59 Å². The Morgan fingerprint density at radius 2 is 1.71 bits per heavy atom. The molecule has 104 valence electrons. The van der Waals surface area contributed by atoms with E-state index in [1.165, 1.54) is 6.92 Å². The van der Waals surface area contributed by atoms with Crippen LogP contribution in [0.1, 0.15) is 22.8 Å². The molecule has 5 heteroatoms. The van der Waals surface area contributed by atoms with Gasteiger partial charge in [0, 0.05) is 6.92 Å². The van der Waals surface area contributed by atoms with Crippen molar-refractivity contribution >= 4 is 29.1 Å². The lowest BCUT2D eigenvalue weighted by molar-refractivity contribution is -0.132. The molecule has 0 atom stereocenters. The Morgan fingerprint density at radius 3 is 2.48 bits per heavy atom. The third-order valence-corrected chi connectivity index (χ3v) is 3.02. The van der Waals surface area contributed by atoms with Gasteiger partial charge in [0.25, 0.3) is 5.91 Å². The van der Waals surface area contributed by atoms with Gasteiger partial charge >= 0.3 is 5.97 Å². The van der Waals surface area contributed by atoms with Crippen molar-refractivity contribution in [3.05, 3.63) is 59.7 Å². The Bertz CT molecular complexity index is 766. The number of hydrogen-bond donors (Lipinski definition) is 1. The van der Waals surface area contributed by atoms with Crippen molar-refractivity contribution in [3.8, 4) is 0 Å². The third-order valence-electron chi connectivity index (χ3n) is 3.02. The fourth-order valence-electron chi connectivity index (χ4n) is 2.11. The number of carbonyl (C=O) groups excluding carboxylic acids is 2. The molecule has 1 aliphatic rings. The second-order valence-corrected chi connectivity index (χ2v) is 4.53. The van der Waals surface area contributed by atoms with Crippen molar-refractivity contribution in [1.82, 2.24) is 0 Å². The van der Waals surface area contributed by atoms with Crippen LogP contribution in [-0.4, -0.2) is 17.8 Å². The highest BCUT2D eigenvalue weighted by Crippen LogP contribution is 2.27. The molecule has 0 aromatic heterocycles. The van der Waals surface area contributed by atoms with Crippen LogP contribution < -0.4 is 5.32 Å². The highest BCUT2D eigenvalue weighted by molar-refractivity contribution is 6.15. The monoisotopic (exact) mass is 280 g/mol. The van der Waals surface area contributed by atoms with Gasteiger partial charge in [-0.25, -0.2) is 4.99 Å². The first kappa shape index (κ1) is 13.1. The molecule has 1 N–H and O–H groups in total. The van der Waals surface area contributed by atoms with Gasteiger partial charge < -0.3 is 10.1 Å². The maximum absolute atomic E-state index is 12.3. The number of hydrogen-bond acceptors (Lipinski definition) is 4. The van der Waals surface area contributed by atoms with Gasteiger partial charge in [-0.1, -0.05) is 24.3 Å². The first-order valence-electron chi connectivity index (χ1n) is 6.42. The van der Waals surface area contributed by atoms with Crippen molar-refractivity contribution in [2.24, 2.45) is 4.99 Å². The number of aliphatic imine (C=N–C) groups is 1. The van der Waals surface area contributed by atoms with E-state index in [-0.39, 0.29) is 11.8 Å². The van der Waals surface area contributed by atoms with Crippen molar-refractivity contribution in [1.29, 1.82) is 0 Å². The second kappa shape index (κ2) is 5.20. The van der Waals surface area contributed by atoms with Crippen molar-refractivity contribution < 1.29 is 14.3 Å². The minimum Gasteiger partial charge on any atom is -0.407 e. The van der Waals surface area contributed by atoms with E-state index >= 15 is 0 Å². The second-order valence-electron chi connectivity index (χ2n) is 4.53. The number of amides is 1. The van der Waals surface area contributed by atoms with Gasteiger partial charge in [0.1, 0.15) is 0 Å². The Hall–Kier alpha value is -2.95. The summed E-state index contributed by atoms with van der Waals surface area (Å²) >= 11 is 0. The lowest BCUT2D eigenvalue weighted by Gasteiger charge is -2.16. The van der Waals surface area contributed by atoms with E-state index in [4.69, 9.17) is 4.74 Å². The topological polar surface area (TPSA) is 67.8 Å². The summed E-state index contributed by atoms with van der Waals surface area (Å²) in [4.78, 5) is 27.9. The number of nitrogens with one attached hydrogen (secondary N) is 1. The van der Waals surface area contributed by atoms with E-state index in [0.29, 0.717) is 22.5 Å². The van der Waals surface area contributed by atoms with Crippen LogP contribution in [0.15, 0.2) is 53.5 Å². The van der Waals surface area contributed by atoms with Crippen molar-refractivity contribution in [3.63, 3.8) is 0 Å². The molecule has 0 radical (unpaired) electrons. The number of nitrogens with zero attached hydrogens (tertiary/aromatic N) is 1. The van der Waals surface area contributed by atoms with Crippen LogP contribution in [-0.2, 0) is 9.53 Å². The summed E-state index contributed by atoms with van der Waals surface area (Å²) in [5.74, 6) is -0.540. The standard InChI is InChI=1S/C16H12N2O3/c1-10(19)21-16-12-7-3-5-9-14(12)17-15(20)11-6-2-4-8-13(11)18-16/h2-9H,1H3,(H,17,20). The molecule has 1 heterocycles. The number of ether oxygens (including phenoxy) is 1. The molecule has 0 aliphatic carbocycles. The molecular weight excluding hydrogens is 268 g/mol. The largest absolute Gasteiger partial charge is 0.407 e. The average molecular weight is 280 g/mol. The first-order chi connectivity index (χ1) is 10.1. The van der Waals surface area contributed by atoms with Crippen molar-refractivity contribution in [2.75, 3.05) is 5.32 Å². The lowest BCUT2D eigenvalue weighted by Crippen LogP contribution is -2.20. The van der Waals surface area contributed by atoms with Crippen LogP contribution in [0, 0.1) is 0 Å². The van der Waals surface area contributed by atoms with Gasteiger partial charge in [0.05, 0.1) is 22.5 Å². The summed E-state index contributed by atoms with van der Waals surface area (Å²) < 4.78 is 5.21. The molecule has 5 nitrogen and oxygen atoms in total. The average Bonchev–Trinajstić information content (AvgIpc) is 2.46. The van der Waals surface area contributed by atoms with Crippen LogP contribution >= 0.6 is 0 Å². The predicted octanol–water partition coefficient (Wildman–Crippen LogP) is 2.89. The molecule has 0 saturated heterocycles. The molecule has 0 bridgehead atoms. The van der Waals surface area contributed by atoms with E-state index in [9.17, 15) is 9.59 Å². The van der Waals surface area contributed by atoms with Crippen LogP contribution in [0.3, 0.4) is 0 Å². The minimum atomic E-state index is -0.465. The lowest BCUT2D eigenvalue weighted by atomic mass is 10.1. The van der Waals surface area contributed by atoms with Gasteiger partial charge in [0.2, 0.25) is 5.90 Å². The summed E-state index contributed by atoms with van der Waals surface area (Å²) in [7, 11) is 0. The molecule has 0 spiro atoms. The minimum absolute atomic E-state index is 0.172. The number of rotatable bonds is 0. The van der Waals surface area contributed by atoms with E-state index < -0.39 is 5.97 Å². The highest BCUT2D eigenvalue weighted by Gasteiger charge is 2.20. The zero-order chi connectivity index (χ0) is 14.8. The van der Waals surface area contributed by atoms with Crippen molar-refractivity contribution in [2.45, 2.75) is 6.92 Å². The fourth-order valence-corrected chi connectivity index (χ4v) is 2.11. The summed E-state index contributed by atoms with van der Waals surface area (Å²) in [5.41, 5.74) is 2.00. The smallest absolute Gasteiger partial charge is 0.309 e. The van der Waals surface area contributed by atoms with Gasteiger partial charge in [-0.15, -0.1) is 0 Å². The Balaban J connectivity index is 2.24. The molecule has 0 unspecified atom stereocenters. The molecule has 2 aromatic carbocycles. The Kier molecular flexibility index (Phi) is 3.23. The number of benzene rings is 2. The summed E-state index contributed by atoms with van der Waals surface area (Å²) in [6.07, 6.45) is 0. The van der Waals surface area contributed by atoms with Crippen LogP contribution in [0.25, 0.3) is 0 Å². The molecule has 21 heavy (non-hydrogen) atoms.